The quantitative estimate of drug-likeness (QED) is 0.559. The maximum Gasteiger partial charge on any atom is 0.0650 e. The molecule has 8 atom stereocenters. The predicted octanol–water partition coefficient (Wildman–Crippen LogP) is 6.09. The van der Waals surface area contributed by atoms with Gasteiger partial charge >= 0.3 is 0 Å². The highest BCUT2D eigenvalue weighted by Gasteiger charge is 2.59. The Balaban J connectivity index is 1.23. The third-order valence-electron chi connectivity index (χ3n) is 11.1. The van der Waals surface area contributed by atoms with Crippen molar-refractivity contribution in [2.24, 2.45) is 40.4 Å². The minimum Gasteiger partial charge on any atom is -0.393 e. The van der Waals surface area contributed by atoms with Crippen LogP contribution in [0.3, 0.4) is 0 Å². The average Bonchev–Trinajstić information content (AvgIpc) is 3.30. The van der Waals surface area contributed by atoms with Crippen molar-refractivity contribution >= 4 is 0 Å². The molecule has 0 heterocycles. The standard InChI is InChI=1S/C26H44O2/c1-24-14-11-23-21(8-6-19-17-20(27)10-13-25(19,23)2)22(24)9-7-18(24)5-3-4-12-26(28)15-16-26/h18-23,27-28H,3-17H2,1-2H3. The minimum absolute atomic E-state index is 0.0203. The van der Waals surface area contributed by atoms with Gasteiger partial charge in [-0.05, 0) is 124 Å². The number of rotatable bonds is 5. The van der Waals surface area contributed by atoms with Gasteiger partial charge in [0.25, 0.3) is 0 Å². The first kappa shape index (κ1) is 19.9. The van der Waals surface area contributed by atoms with Gasteiger partial charge in [0.2, 0.25) is 0 Å². The molecule has 0 aromatic carbocycles. The molecular weight excluding hydrogens is 344 g/mol. The van der Waals surface area contributed by atoms with E-state index in [0.29, 0.717) is 10.8 Å². The highest BCUT2D eigenvalue weighted by Crippen LogP contribution is 2.67. The lowest BCUT2D eigenvalue weighted by Crippen LogP contribution is -2.53. The van der Waals surface area contributed by atoms with E-state index < -0.39 is 0 Å². The number of fused-ring (bicyclic) bond motifs is 5. The fourth-order valence-electron chi connectivity index (χ4n) is 9.06. The Morgan fingerprint density at radius 3 is 2.32 bits per heavy atom. The van der Waals surface area contributed by atoms with E-state index in [1.54, 1.807) is 0 Å². The summed E-state index contributed by atoms with van der Waals surface area (Å²) in [4.78, 5) is 0. The van der Waals surface area contributed by atoms with Crippen LogP contribution in [0.4, 0.5) is 0 Å². The number of hydrogen-bond acceptors (Lipinski definition) is 2. The molecule has 2 N–H and O–H groups in total. The third-order valence-corrected chi connectivity index (χ3v) is 11.1. The van der Waals surface area contributed by atoms with Crippen LogP contribution in [-0.2, 0) is 0 Å². The second-order valence-corrected chi connectivity index (χ2v) is 12.4. The Hall–Kier alpha value is -0.0800. The summed E-state index contributed by atoms with van der Waals surface area (Å²) in [6.45, 7) is 5.27. The minimum atomic E-state index is -0.248. The topological polar surface area (TPSA) is 40.5 Å². The van der Waals surface area contributed by atoms with Gasteiger partial charge in [0, 0.05) is 0 Å². The lowest BCUT2D eigenvalue weighted by molar-refractivity contribution is -0.127. The molecule has 8 unspecified atom stereocenters. The van der Waals surface area contributed by atoms with Crippen molar-refractivity contribution in [2.45, 2.75) is 122 Å². The van der Waals surface area contributed by atoms with Crippen LogP contribution in [0.1, 0.15) is 110 Å². The van der Waals surface area contributed by atoms with E-state index in [2.05, 4.69) is 13.8 Å². The molecule has 5 aliphatic rings. The Morgan fingerprint density at radius 2 is 1.54 bits per heavy atom. The van der Waals surface area contributed by atoms with Crippen molar-refractivity contribution in [3.05, 3.63) is 0 Å². The SMILES string of the molecule is CC12CCC3C(CCC4CC(O)CCC43C)C1CCC2CCCCC1(O)CC1. The molecule has 0 aromatic rings. The maximum absolute atomic E-state index is 10.2. The zero-order valence-corrected chi connectivity index (χ0v) is 18.5. The van der Waals surface area contributed by atoms with Crippen LogP contribution in [0.25, 0.3) is 0 Å². The predicted molar refractivity (Wildman–Crippen MR) is 114 cm³/mol. The molecule has 0 amide bonds. The average molecular weight is 389 g/mol. The highest BCUT2D eigenvalue weighted by molar-refractivity contribution is 5.09. The van der Waals surface area contributed by atoms with Gasteiger partial charge in [0.15, 0.2) is 0 Å². The zero-order valence-electron chi connectivity index (χ0n) is 18.5. The van der Waals surface area contributed by atoms with E-state index in [-0.39, 0.29) is 11.7 Å². The molecule has 0 radical (unpaired) electrons. The second kappa shape index (κ2) is 6.98. The molecule has 2 nitrogen and oxygen atoms in total. The highest BCUT2D eigenvalue weighted by atomic mass is 16.3. The third kappa shape index (κ3) is 3.20. The van der Waals surface area contributed by atoms with Crippen molar-refractivity contribution in [3.63, 3.8) is 0 Å². The zero-order chi connectivity index (χ0) is 19.6. The normalized spacial score (nSPS) is 51.9. The van der Waals surface area contributed by atoms with E-state index in [4.69, 9.17) is 0 Å². The number of unbranched alkanes of at least 4 members (excludes halogenated alkanes) is 1. The molecule has 0 spiro atoms. The van der Waals surface area contributed by atoms with E-state index in [1.807, 2.05) is 0 Å². The molecule has 0 aliphatic heterocycles. The molecular formula is C26H44O2. The summed E-state index contributed by atoms with van der Waals surface area (Å²) < 4.78 is 0. The largest absolute Gasteiger partial charge is 0.393 e. The summed E-state index contributed by atoms with van der Waals surface area (Å²) in [5.41, 5.74) is 0.859. The van der Waals surface area contributed by atoms with Crippen LogP contribution >= 0.6 is 0 Å². The molecule has 0 bridgehead atoms. The molecule has 0 saturated heterocycles. The lowest BCUT2D eigenvalue weighted by atomic mass is 9.44. The molecule has 5 saturated carbocycles. The van der Waals surface area contributed by atoms with E-state index in [0.717, 1.165) is 61.7 Å². The van der Waals surface area contributed by atoms with Gasteiger partial charge in [-0.2, -0.15) is 0 Å². The lowest BCUT2D eigenvalue weighted by Gasteiger charge is -2.61. The van der Waals surface area contributed by atoms with Gasteiger partial charge in [-0.3, -0.25) is 0 Å². The van der Waals surface area contributed by atoms with Crippen LogP contribution in [0.5, 0.6) is 0 Å². The molecule has 5 fully saturated rings. The summed E-state index contributed by atoms with van der Waals surface area (Å²) in [6, 6.07) is 0. The van der Waals surface area contributed by atoms with E-state index in [1.165, 1.54) is 64.2 Å². The monoisotopic (exact) mass is 388 g/mol. The summed E-state index contributed by atoms with van der Waals surface area (Å²) in [7, 11) is 0. The number of aliphatic hydroxyl groups is 2. The summed E-state index contributed by atoms with van der Waals surface area (Å²) in [5.74, 6) is 4.58. The van der Waals surface area contributed by atoms with Gasteiger partial charge in [0.05, 0.1) is 11.7 Å². The van der Waals surface area contributed by atoms with Gasteiger partial charge < -0.3 is 10.2 Å². The van der Waals surface area contributed by atoms with E-state index >= 15 is 0 Å². The smallest absolute Gasteiger partial charge is 0.0650 e. The summed E-state index contributed by atoms with van der Waals surface area (Å²) in [6.07, 6.45) is 19.2. The molecule has 0 aromatic heterocycles. The first-order chi connectivity index (χ1) is 13.3. The molecule has 160 valence electrons. The summed E-state index contributed by atoms with van der Waals surface area (Å²) >= 11 is 0. The second-order valence-electron chi connectivity index (χ2n) is 12.4. The Morgan fingerprint density at radius 1 is 0.786 bits per heavy atom. The molecule has 2 heteroatoms. The van der Waals surface area contributed by atoms with Gasteiger partial charge in [-0.15, -0.1) is 0 Å². The Labute approximate surface area is 172 Å². The fraction of sp³-hybridized carbons (Fsp3) is 1.00. The molecule has 28 heavy (non-hydrogen) atoms. The van der Waals surface area contributed by atoms with Crippen LogP contribution in [0, 0.1) is 40.4 Å². The first-order valence-corrected chi connectivity index (χ1v) is 12.7. The fourth-order valence-corrected chi connectivity index (χ4v) is 9.06. The van der Waals surface area contributed by atoms with Crippen LogP contribution in [-0.4, -0.2) is 21.9 Å². The van der Waals surface area contributed by atoms with Crippen LogP contribution in [0.15, 0.2) is 0 Å². The van der Waals surface area contributed by atoms with Crippen molar-refractivity contribution in [2.75, 3.05) is 0 Å². The van der Waals surface area contributed by atoms with Crippen molar-refractivity contribution < 1.29 is 10.2 Å². The first-order valence-electron chi connectivity index (χ1n) is 12.7. The maximum atomic E-state index is 10.2. The van der Waals surface area contributed by atoms with Crippen LogP contribution < -0.4 is 0 Å². The van der Waals surface area contributed by atoms with Crippen LogP contribution in [0.2, 0.25) is 0 Å². The van der Waals surface area contributed by atoms with Crippen molar-refractivity contribution in [3.8, 4) is 0 Å². The van der Waals surface area contributed by atoms with Gasteiger partial charge in [-0.25, -0.2) is 0 Å². The molecule has 5 rings (SSSR count). The summed E-state index contributed by atoms with van der Waals surface area (Å²) in [5, 5.41) is 20.3. The Bertz CT molecular complexity index is 583. The Kier molecular flexibility index (Phi) is 4.95. The number of aliphatic hydroxyl groups excluding tert-OH is 1. The van der Waals surface area contributed by atoms with Gasteiger partial charge in [-0.1, -0.05) is 26.7 Å². The molecule has 5 aliphatic carbocycles. The van der Waals surface area contributed by atoms with Gasteiger partial charge in [0.1, 0.15) is 0 Å². The van der Waals surface area contributed by atoms with E-state index in [9.17, 15) is 10.2 Å². The number of hydrogen-bond donors (Lipinski definition) is 2. The van der Waals surface area contributed by atoms with Crippen molar-refractivity contribution in [1.29, 1.82) is 0 Å². The van der Waals surface area contributed by atoms with Crippen molar-refractivity contribution in [1.82, 2.24) is 0 Å².